The summed E-state index contributed by atoms with van der Waals surface area (Å²) in [5.41, 5.74) is 2.89. The molecule has 0 saturated carbocycles. The molecule has 2 aliphatic rings. The van der Waals surface area contributed by atoms with Gasteiger partial charge in [0.2, 0.25) is 0 Å². The van der Waals surface area contributed by atoms with Crippen LogP contribution in [0.3, 0.4) is 0 Å². The lowest BCUT2D eigenvalue weighted by molar-refractivity contribution is -0.113. The number of methoxy groups -OCH3 is 1. The summed E-state index contributed by atoms with van der Waals surface area (Å²) in [6.07, 6.45) is 0. The molecule has 0 atom stereocenters. The Kier molecular flexibility index (Phi) is 5.66. The molecule has 0 spiro atoms. The average molecular weight is 492 g/mol. The molecule has 172 valence electrons. The van der Waals surface area contributed by atoms with Crippen LogP contribution >= 0.6 is 23.5 Å². The van der Waals surface area contributed by atoms with Crippen molar-refractivity contribution < 1.29 is 19.7 Å². The van der Waals surface area contributed by atoms with E-state index in [2.05, 4.69) is 0 Å². The van der Waals surface area contributed by atoms with Crippen molar-refractivity contribution in [1.29, 1.82) is 0 Å². The van der Waals surface area contributed by atoms with E-state index >= 15 is 0 Å². The predicted octanol–water partition coefficient (Wildman–Crippen LogP) is 5.59. The quantitative estimate of drug-likeness (QED) is 0.462. The number of anilines is 2. The Hall–Kier alpha value is -3.56. The minimum absolute atomic E-state index is 0.116. The third-order valence-corrected chi connectivity index (χ3v) is 7.92. The van der Waals surface area contributed by atoms with Crippen LogP contribution in [0.2, 0.25) is 0 Å². The molecule has 3 aromatic carbocycles. The number of ether oxygens (including phenoxy) is 1. The van der Waals surface area contributed by atoms with Crippen molar-refractivity contribution in [3.05, 3.63) is 76.2 Å². The van der Waals surface area contributed by atoms with E-state index in [1.54, 1.807) is 61.4 Å². The number of carbonyl (C=O) groups is 1. The number of phenolic OH excluding ortho intramolecular Hbond substituents is 2. The smallest absolute Gasteiger partial charge is 0.274 e. The summed E-state index contributed by atoms with van der Waals surface area (Å²) in [5.74, 6) is 0.858. The molecule has 0 unspecified atom stereocenters. The number of aliphatic imine (C=N–C) groups is 1. The maximum Gasteiger partial charge on any atom is 0.274 e. The van der Waals surface area contributed by atoms with Crippen LogP contribution in [-0.2, 0) is 4.79 Å². The van der Waals surface area contributed by atoms with E-state index in [4.69, 9.17) is 9.73 Å². The summed E-state index contributed by atoms with van der Waals surface area (Å²) in [5, 5.41) is 20.9. The third kappa shape index (κ3) is 3.86. The van der Waals surface area contributed by atoms with Crippen molar-refractivity contribution >= 4 is 51.7 Å². The lowest BCUT2D eigenvalue weighted by atomic mass is 10.2. The Bertz CT molecular complexity index is 1370. The fourth-order valence-electron chi connectivity index (χ4n) is 3.68. The minimum atomic E-state index is -0.195. The highest BCUT2D eigenvalue weighted by molar-refractivity contribution is 8.20. The second kappa shape index (κ2) is 8.66. The van der Waals surface area contributed by atoms with Crippen LogP contribution in [0.25, 0.3) is 0 Å². The van der Waals surface area contributed by atoms with Crippen LogP contribution in [0, 0.1) is 6.92 Å². The van der Waals surface area contributed by atoms with E-state index < -0.39 is 0 Å². The zero-order chi connectivity index (χ0) is 24.0. The van der Waals surface area contributed by atoms with Crippen LogP contribution in [0.15, 0.2) is 80.5 Å². The first kappa shape index (κ1) is 22.2. The van der Waals surface area contributed by atoms with E-state index in [0.717, 1.165) is 21.4 Å². The highest BCUT2D eigenvalue weighted by Crippen LogP contribution is 2.51. The summed E-state index contributed by atoms with van der Waals surface area (Å²) in [4.78, 5) is 23.6. The number of aryl methyl sites for hydroxylation is 1. The van der Waals surface area contributed by atoms with E-state index in [0.29, 0.717) is 27.0 Å². The number of thioether (sulfide) groups is 2. The molecule has 0 bridgehead atoms. The van der Waals surface area contributed by atoms with E-state index in [1.807, 2.05) is 30.1 Å². The lowest BCUT2D eigenvalue weighted by Crippen LogP contribution is -2.29. The van der Waals surface area contributed by atoms with Crippen molar-refractivity contribution in [2.45, 2.75) is 11.8 Å². The van der Waals surface area contributed by atoms with Gasteiger partial charge in [-0.05, 0) is 78.8 Å². The Labute approximate surface area is 205 Å². The van der Waals surface area contributed by atoms with Crippen LogP contribution in [0.5, 0.6) is 17.2 Å². The van der Waals surface area contributed by atoms with Gasteiger partial charge in [-0.3, -0.25) is 9.69 Å². The molecular weight excluding hydrogens is 470 g/mol. The summed E-state index contributed by atoms with van der Waals surface area (Å²) < 4.78 is 5.37. The second-order valence-electron chi connectivity index (χ2n) is 7.75. The van der Waals surface area contributed by atoms with Gasteiger partial charge in [-0.2, -0.15) is 0 Å². The molecule has 0 aliphatic carbocycles. The zero-order valence-electron chi connectivity index (χ0n) is 18.6. The first-order chi connectivity index (χ1) is 16.4. The molecule has 2 heterocycles. The number of amides is 1. The highest BCUT2D eigenvalue weighted by Gasteiger charge is 2.40. The summed E-state index contributed by atoms with van der Waals surface area (Å²) in [6.45, 7) is 1.80. The summed E-state index contributed by atoms with van der Waals surface area (Å²) in [7, 11) is 3.56. The SMILES string of the molecule is COc1ccc2c(c1)N(C)C(=C1SC(=Nc3ccc(O)c(C)c3)N(c3ccc(O)cc3)C1=O)S2. The Balaban J connectivity index is 1.60. The van der Waals surface area contributed by atoms with Gasteiger partial charge < -0.3 is 19.8 Å². The molecule has 2 aliphatic heterocycles. The van der Waals surface area contributed by atoms with Gasteiger partial charge in [0.25, 0.3) is 5.91 Å². The fourth-order valence-corrected chi connectivity index (χ4v) is 6.01. The molecule has 0 radical (unpaired) electrons. The summed E-state index contributed by atoms with van der Waals surface area (Å²) >= 11 is 2.83. The van der Waals surface area contributed by atoms with Gasteiger partial charge in [0.05, 0.1) is 29.2 Å². The van der Waals surface area contributed by atoms with Gasteiger partial charge in [-0.1, -0.05) is 11.8 Å². The number of rotatable bonds is 3. The second-order valence-corrected chi connectivity index (χ2v) is 9.76. The number of aromatic hydroxyl groups is 2. The Morgan fingerprint density at radius 1 is 0.971 bits per heavy atom. The number of nitrogens with zero attached hydrogens (tertiary/aromatic N) is 3. The number of hydrogen-bond acceptors (Lipinski definition) is 8. The van der Waals surface area contributed by atoms with Crippen LogP contribution < -0.4 is 14.5 Å². The topological polar surface area (TPSA) is 85.6 Å². The van der Waals surface area contributed by atoms with Crippen molar-refractivity contribution in [3.8, 4) is 17.2 Å². The van der Waals surface area contributed by atoms with Crippen LogP contribution in [0.1, 0.15) is 5.56 Å². The van der Waals surface area contributed by atoms with Crippen molar-refractivity contribution in [2.24, 2.45) is 4.99 Å². The van der Waals surface area contributed by atoms with Crippen molar-refractivity contribution in [1.82, 2.24) is 0 Å². The number of carbonyl (C=O) groups excluding carboxylic acids is 1. The molecule has 1 amide bonds. The normalized spacial score (nSPS) is 18.7. The van der Waals surface area contributed by atoms with Crippen LogP contribution in [0.4, 0.5) is 17.1 Å². The van der Waals surface area contributed by atoms with Gasteiger partial charge in [-0.15, -0.1) is 0 Å². The zero-order valence-corrected chi connectivity index (χ0v) is 20.3. The number of phenols is 2. The highest BCUT2D eigenvalue weighted by atomic mass is 32.2. The molecular formula is C25H21N3O4S2. The van der Waals surface area contributed by atoms with Gasteiger partial charge in [-0.25, -0.2) is 4.99 Å². The maximum absolute atomic E-state index is 13.7. The molecule has 2 N–H and O–H groups in total. The Morgan fingerprint density at radius 3 is 2.44 bits per heavy atom. The molecule has 0 aromatic heterocycles. The first-order valence-corrected chi connectivity index (χ1v) is 12.0. The summed E-state index contributed by atoms with van der Waals surface area (Å²) in [6, 6.07) is 17.4. The first-order valence-electron chi connectivity index (χ1n) is 10.4. The molecule has 5 rings (SSSR count). The largest absolute Gasteiger partial charge is 0.508 e. The number of hydrogen-bond donors (Lipinski definition) is 2. The standard InChI is InChI=1S/C25H21N3O4S2/c1-14-12-15(4-10-20(14)30)26-25-28(16-5-7-17(29)8-6-16)23(31)22(34-25)24-27(2)19-13-18(32-3)9-11-21(19)33-24/h4-13,29-30H,1-3H3. The van der Waals surface area contributed by atoms with E-state index in [-0.39, 0.29) is 17.4 Å². The third-order valence-electron chi connectivity index (χ3n) is 5.53. The molecule has 1 fully saturated rings. The van der Waals surface area contributed by atoms with Gasteiger partial charge in [0.15, 0.2) is 5.17 Å². The average Bonchev–Trinajstić information content (AvgIpc) is 3.32. The van der Waals surface area contributed by atoms with Crippen LogP contribution in [-0.4, -0.2) is 35.4 Å². The molecule has 7 nitrogen and oxygen atoms in total. The number of benzene rings is 3. The molecule has 3 aromatic rings. The fraction of sp³-hybridized carbons (Fsp3) is 0.120. The van der Waals surface area contributed by atoms with Crippen molar-refractivity contribution in [2.75, 3.05) is 24.0 Å². The minimum Gasteiger partial charge on any atom is -0.508 e. The van der Waals surface area contributed by atoms with Gasteiger partial charge >= 0.3 is 0 Å². The van der Waals surface area contributed by atoms with Crippen molar-refractivity contribution in [3.63, 3.8) is 0 Å². The molecule has 1 saturated heterocycles. The van der Waals surface area contributed by atoms with Gasteiger partial charge in [0, 0.05) is 18.0 Å². The Morgan fingerprint density at radius 2 is 1.74 bits per heavy atom. The van der Waals surface area contributed by atoms with E-state index in [9.17, 15) is 15.0 Å². The number of amidine groups is 1. The lowest BCUT2D eigenvalue weighted by Gasteiger charge is -2.17. The van der Waals surface area contributed by atoms with E-state index in [1.165, 1.54) is 23.5 Å². The maximum atomic E-state index is 13.7. The predicted molar refractivity (Wildman–Crippen MR) is 137 cm³/mol. The van der Waals surface area contributed by atoms with Gasteiger partial charge in [0.1, 0.15) is 22.2 Å². The number of fused-ring (bicyclic) bond motifs is 1. The molecule has 34 heavy (non-hydrogen) atoms. The monoisotopic (exact) mass is 491 g/mol. The molecule has 9 heteroatoms.